The van der Waals surface area contributed by atoms with Crippen LogP contribution in [0.5, 0.6) is 11.5 Å². The second-order valence-electron chi connectivity index (χ2n) is 11.8. The molecule has 3 aromatic rings. The van der Waals surface area contributed by atoms with E-state index in [4.69, 9.17) is 25.8 Å². The maximum absolute atomic E-state index is 14.4. The highest BCUT2D eigenvalue weighted by Gasteiger charge is 2.41. The molecule has 2 bridgehead atoms. The fourth-order valence-corrected chi connectivity index (χ4v) is 6.43. The Kier molecular flexibility index (Phi) is 9.21. The minimum Gasteiger partial charge on any atom is -0.496 e. The van der Waals surface area contributed by atoms with E-state index >= 15 is 0 Å². The number of halogens is 3. The molecule has 1 saturated carbocycles. The van der Waals surface area contributed by atoms with Crippen LogP contribution in [0, 0.1) is 18.6 Å². The van der Waals surface area contributed by atoms with Crippen molar-refractivity contribution in [3.05, 3.63) is 99.1 Å². The smallest absolute Gasteiger partial charge is 0.252 e. The largest absolute Gasteiger partial charge is 0.496 e. The molecule has 1 aliphatic carbocycles. The maximum atomic E-state index is 14.4. The van der Waals surface area contributed by atoms with Crippen LogP contribution in [0.25, 0.3) is 5.57 Å². The summed E-state index contributed by atoms with van der Waals surface area (Å²) >= 11 is 5.87. The van der Waals surface area contributed by atoms with Crippen LogP contribution >= 0.6 is 11.6 Å². The number of amides is 1. The predicted molar refractivity (Wildman–Crippen MR) is 166 cm³/mol. The van der Waals surface area contributed by atoms with Crippen LogP contribution in [0.3, 0.4) is 0 Å². The van der Waals surface area contributed by atoms with Gasteiger partial charge in [-0.15, -0.1) is 0 Å². The fraction of sp³-hybridized carbons (Fsp3) is 0.400. The summed E-state index contributed by atoms with van der Waals surface area (Å²) in [5.74, 6) is -0.764. The summed E-state index contributed by atoms with van der Waals surface area (Å²) in [6.07, 6.45) is 4.01. The van der Waals surface area contributed by atoms with Crippen LogP contribution in [0.2, 0.25) is 5.02 Å². The topological polar surface area (TPSA) is 60.0 Å². The van der Waals surface area contributed by atoms with Crippen molar-refractivity contribution in [2.24, 2.45) is 0 Å². The van der Waals surface area contributed by atoms with E-state index in [9.17, 15) is 13.6 Å². The number of rotatable bonds is 11. The van der Waals surface area contributed by atoms with Gasteiger partial charge in [0.1, 0.15) is 16.6 Å². The molecule has 1 N–H and O–H groups in total. The van der Waals surface area contributed by atoms with E-state index in [1.54, 1.807) is 7.11 Å². The lowest BCUT2D eigenvalue weighted by atomic mass is 9.84. The number of morpholine rings is 1. The van der Waals surface area contributed by atoms with Crippen molar-refractivity contribution >= 4 is 23.1 Å². The number of fused-ring (bicyclic) bond motifs is 2. The zero-order chi connectivity index (χ0) is 30.8. The SMILES string of the molecule is COc1cccc(CN(C(=O)C2=C(c3ccc(CCCOc4c(F)ccc(F)c4Cl)cc3)CC3COC[C@H]2N3)C2CC2)c1C. The fourth-order valence-electron chi connectivity index (χ4n) is 6.22. The van der Waals surface area contributed by atoms with Gasteiger partial charge in [0.2, 0.25) is 0 Å². The van der Waals surface area contributed by atoms with Crippen LogP contribution < -0.4 is 14.8 Å². The third-order valence-corrected chi connectivity index (χ3v) is 9.11. The molecule has 9 heteroatoms. The molecule has 1 unspecified atom stereocenters. The summed E-state index contributed by atoms with van der Waals surface area (Å²) in [5.41, 5.74) is 6.13. The zero-order valence-corrected chi connectivity index (χ0v) is 25.8. The van der Waals surface area contributed by atoms with Gasteiger partial charge in [-0.2, -0.15) is 0 Å². The molecule has 3 aliphatic rings. The molecule has 2 heterocycles. The molecule has 1 saturated heterocycles. The molecule has 2 atom stereocenters. The highest BCUT2D eigenvalue weighted by atomic mass is 35.5. The molecule has 6 nitrogen and oxygen atoms in total. The lowest BCUT2D eigenvalue weighted by Gasteiger charge is -2.40. The Labute approximate surface area is 261 Å². The van der Waals surface area contributed by atoms with Gasteiger partial charge in [-0.3, -0.25) is 4.79 Å². The van der Waals surface area contributed by atoms with Gasteiger partial charge in [-0.1, -0.05) is 48.0 Å². The Balaban J connectivity index is 1.20. The number of ether oxygens (including phenoxy) is 3. The highest BCUT2D eigenvalue weighted by molar-refractivity contribution is 6.32. The zero-order valence-electron chi connectivity index (χ0n) is 25.0. The Hall–Kier alpha value is -3.46. The Morgan fingerprint density at radius 2 is 1.84 bits per heavy atom. The molecular weight excluding hydrogens is 586 g/mol. The van der Waals surface area contributed by atoms with E-state index in [1.807, 2.05) is 24.0 Å². The minimum absolute atomic E-state index is 0.0654. The predicted octanol–water partition coefficient (Wildman–Crippen LogP) is 6.65. The molecule has 0 radical (unpaired) electrons. The maximum Gasteiger partial charge on any atom is 0.252 e. The Morgan fingerprint density at radius 3 is 2.59 bits per heavy atom. The molecular formula is C35H37ClF2N2O4. The number of aryl methyl sites for hydroxylation is 1. The van der Waals surface area contributed by atoms with Gasteiger partial charge in [0.05, 0.1) is 33.0 Å². The van der Waals surface area contributed by atoms with Crippen molar-refractivity contribution in [3.63, 3.8) is 0 Å². The first-order valence-corrected chi connectivity index (χ1v) is 15.6. The summed E-state index contributed by atoms with van der Waals surface area (Å²) in [4.78, 5) is 16.5. The Morgan fingerprint density at radius 1 is 1.07 bits per heavy atom. The van der Waals surface area contributed by atoms with Gasteiger partial charge in [0.15, 0.2) is 11.6 Å². The van der Waals surface area contributed by atoms with E-state index in [1.165, 1.54) is 0 Å². The lowest BCUT2D eigenvalue weighted by Crippen LogP contribution is -2.55. The number of hydrogen-bond acceptors (Lipinski definition) is 5. The van der Waals surface area contributed by atoms with Crippen LogP contribution in [-0.2, 0) is 22.5 Å². The van der Waals surface area contributed by atoms with Gasteiger partial charge in [0, 0.05) is 24.2 Å². The number of hydrogen-bond donors (Lipinski definition) is 1. The summed E-state index contributed by atoms with van der Waals surface area (Å²) in [6, 6.07) is 16.5. The summed E-state index contributed by atoms with van der Waals surface area (Å²) in [6.45, 7) is 3.85. The van der Waals surface area contributed by atoms with Crippen molar-refractivity contribution < 1.29 is 27.8 Å². The molecule has 3 aromatic carbocycles. The van der Waals surface area contributed by atoms with E-state index in [-0.39, 0.29) is 41.4 Å². The molecule has 1 amide bonds. The molecule has 6 rings (SSSR count). The summed E-state index contributed by atoms with van der Waals surface area (Å²) < 4.78 is 44.6. The minimum atomic E-state index is -0.713. The average molecular weight is 623 g/mol. The molecule has 0 spiro atoms. The molecule has 2 aliphatic heterocycles. The van der Waals surface area contributed by atoms with Gasteiger partial charge in [-0.05, 0) is 85.1 Å². The quantitative estimate of drug-likeness (QED) is 0.192. The second kappa shape index (κ2) is 13.3. The molecule has 44 heavy (non-hydrogen) atoms. The average Bonchev–Trinajstić information content (AvgIpc) is 3.87. The van der Waals surface area contributed by atoms with E-state index < -0.39 is 11.6 Å². The Bertz CT molecular complexity index is 1560. The third-order valence-electron chi connectivity index (χ3n) is 8.76. The number of nitrogens with one attached hydrogen (secondary N) is 1. The van der Waals surface area contributed by atoms with E-state index in [2.05, 4.69) is 35.6 Å². The van der Waals surface area contributed by atoms with Crippen molar-refractivity contribution in [1.82, 2.24) is 10.2 Å². The van der Waals surface area contributed by atoms with Gasteiger partial charge < -0.3 is 24.4 Å². The van der Waals surface area contributed by atoms with Gasteiger partial charge >= 0.3 is 0 Å². The van der Waals surface area contributed by atoms with Gasteiger partial charge in [-0.25, -0.2) is 8.78 Å². The van der Waals surface area contributed by atoms with Crippen molar-refractivity contribution in [2.45, 2.75) is 63.7 Å². The van der Waals surface area contributed by atoms with Crippen LogP contribution in [-0.4, -0.2) is 55.9 Å². The standard InChI is InChI=1S/C35H37ClF2N2O4/c1-21-24(6-3-7-31(21)42-2)18-40(26-12-13-26)35(41)32-27(17-25-19-43-20-30(32)39-25)23-10-8-22(9-11-23)5-4-16-44-34-29(38)15-14-28(37)33(34)36/h3,6-11,14-15,25-26,30,39H,4-5,12-13,16-20H2,1-2H3/t25?,30-/m1/s1. The monoisotopic (exact) mass is 622 g/mol. The van der Waals surface area contributed by atoms with Gasteiger partial charge in [0.25, 0.3) is 5.91 Å². The number of nitrogens with zero attached hydrogens (tertiary/aromatic N) is 1. The normalized spacial score (nSPS) is 19.6. The highest BCUT2D eigenvalue weighted by Crippen LogP contribution is 2.38. The van der Waals surface area contributed by atoms with E-state index in [0.29, 0.717) is 39.0 Å². The van der Waals surface area contributed by atoms with Crippen molar-refractivity contribution in [3.8, 4) is 11.5 Å². The van der Waals surface area contributed by atoms with Crippen LogP contribution in [0.1, 0.15) is 47.9 Å². The third kappa shape index (κ3) is 6.48. The number of carbonyl (C=O) groups excluding carboxylic acids is 1. The van der Waals surface area contributed by atoms with Crippen LogP contribution in [0.4, 0.5) is 8.78 Å². The lowest BCUT2D eigenvalue weighted by molar-refractivity contribution is -0.129. The summed E-state index contributed by atoms with van der Waals surface area (Å²) in [7, 11) is 1.67. The first-order valence-electron chi connectivity index (χ1n) is 15.2. The number of methoxy groups -OCH3 is 1. The number of benzene rings is 3. The van der Waals surface area contributed by atoms with E-state index in [0.717, 1.165) is 64.1 Å². The second-order valence-corrected chi connectivity index (χ2v) is 12.2. The molecule has 232 valence electrons. The first-order chi connectivity index (χ1) is 21.3. The van der Waals surface area contributed by atoms with Crippen molar-refractivity contribution in [1.29, 1.82) is 0 Å². The van der Waals surface area contributed by atoms with Crippen molar-refractivity contribution in [2.75, 3.05) is 26.9 Å². The number of carbonyl (C=O) groups is 1. The first kappa shape index (κ1) is 30.6. The summed E-state index contributed by atoms with van der Waals surface area (Å²) in [5, 5.41) is 3.29. The molecule has 2 fully saturated rings. The van der Waals surface area contributed by atoms with Crippen LogP contribution in [0.15, 0.2) is 60.2 Å². The molecule has 0 aromatic heterocycles.